The normalized spacial score (nSPS) is 17.1. The summed E-state index contributed by atoms with van der Waals surface area (Å²) in [5.41, 5.74) is 6.22. The first kappa shape index (κ1) is 11.8. The summed E-state index contributed by atoms with van der Waals surface area (Å²) in [5.74, 6) is 0.486. The lowest BCUT2D eigenvalue weighted by atomic mass is 10.3. The van der Waals surface area contributed by atoms with E-state index < -0.39 is 0 Å². The van der Waals surface area contributed by atoms with E-state index >= 15 is 0 Å². The number of nitrogens with two attached hydrogens (primary N) is 1. The molecule has 1 aromatic heterocycles. The van der Waals surface area contributed by atoms with Crippen molar-refractivity contribution in [2.24, 2.45) is 5.73 Å². The van der Waals surface area contributed by atoms with Crippen molar-refractivity contribution in [3.8, 4) is 0 Å². The van der Waals surface area contributed by atoms with E-state index in [9.17, 15) is 4.79 Å². The van der Waals surface area contributed by atoms with Crippen LogP contribution in [0.15, 0.2) is 12.4 Å². The summed E-state index contributed by atoms with van der Waals surface area (Å²) < 4.78 is 0. The van der Waals surface area contributed by atoms with Crippen LogP contribution in [-0.2, 0) is 4.79 Å². The average Bonchev–Trinajstić information content (AvgIpc) is 2.30. The third-order valence-corrected chi connectivity index (χ3v) is 2.80. The molecular weight excluding hydrogens is 218 g/mol. The van der Waals surface area contributed by atoms with Crippen LogP contribution in [0.3, 0.4) is 0 Å². The van der Waals surface area contributed by atoms with Crippen LogP contribution in [0, 0.1) is 6.92 Å². The first-order valence-electron chi connectivity index (χ1n) is 5.69. The fraction of sp³-hybridized carbons (Fsp3) is 0.545. The van der Waals surface area contributed by atoms with E-state index in [0.717, 1.165) is 37.7 Å². The number of carbonyl (C=O) groups excluding carboxylic acids is 1. The van der Waals surface area contributed by atoms with Crippen LogP contribution in [0.1, 0.15) is 5.56 Å². The number of anilines is 1. The van der Waals surface area contributed by atoms with Gasteiger partial charge in [-0.25, -0.2) is 9.97 Å². The van der Waals surface area contributed by atoms with Crippen molar-refractivity contribution in [3.05, 3.63) is 18.0 Å². The van der Waals surface area contributed by atoms with Gasteiger partial charge in [-0.2, -0.15) is 0 Å². The van der Waals surface area contributed by atoms with Gasteiger partial charge in [0.2, 0.25) is 11.9 Å². The number of aryl methyl sites for hydroxylation is 1. The van der Waals surface area contributed by atoms with Crippen molar-refractivity contribution in [3.63, 3.8) is 0 Å². The number of hydrogen-bond acceptors (Lipinski definition) is 5. The van der Waals surface area contributed by atoms with Crippen LogP contribution in [0.2, 0.25) is 0 Å². The van der Waals surface area contributed by atoms with Gasteiger partial charge in [-0.1, -0.05) is 0 Å². The Kier molecular flexibility index (Phi) is 3.53. The second-order valence-corrected chi connectivity index (χ2v) is 4.29. The molecule has 92 valence electrons. The largest absolute Gasteiger partial charge is 0.369 e. The maximum absolute atomic E-state index is 10.8. The number of rotatable bonds is 3. The van der Waals surface area contributed by atoms with Gasteiger partial charge in [0.25, 0.3) is 0 Å². The van der Waals surface area contributed by atoms with Gasteiger partial charge in [0.1, 0.15) is 0 Å². The fourth-order valence-electron chi connectivity index (χ4n) is 1.88. The Morgan fingerprint density at radius 3 is 2.41 bits per heavy atom. The van der Waals surface area contributed by atoms with Crippen LogP contribution >= 0.6 is 0 Å². The molecule has 2 N–H and O–H groups in total. The minimum atomic E-state index is -0.273. The number of nitrogens with zero attached hydrogens (tertiary/aromatic N) is 4. The van der Waals surface area contributed by atoms with Gasteiger partial charge in [0.15, 0.2) is 0 Å². The number of primary amides is 1. The van der Waals surface area contributed by atoms with Crippen molar-refractivity contribution >= 4 is 11.9 Å². The molecule has 1 aliphatic heterocycles. The molecule has 0 saturated carbocycles. The molecule has 0 unspecified atom stereocenters. The molecule has 2 rings (SSSR count). The van der Waals surface area contributed by atoms with Crippen molar-refractivity contribution in [1.82, 2.24) is 14.9 Å². The Morgan fingerprint density at radius 1 is 1.29 bits per heavy atom. The van der Waals surface area contributed by atoms with Gasteiger partial charge < -0.3 is 10.6 Å². The minimum Gasteiger partial charge on any atom is -0.369 e. The minimum absolute atomic E-state index is 0.273. The third kappa shape index (κ3) is 3.13. The lowest BCUT2D eigenvalue weighted by Gasteiger charge is -2.33. The van der Waals surface area contributed by atoms with Crippen LogP contribution < -0.4 is 10.6 Å². The summed E-state index contributed by atoms with van der Waals surface area (Å²) in [7, 11) is 0. The molecule has 1 aromatic rings. The average molecular weight is 235 g/mol. The summed E-state index contributed by atoms with van der Waals surface area (Å²) in [6.07, 6.45) is 3.64. The molecule has 0 bridgehead atoms. The monoisotopic (exact) mass is 235 g/mol. The SMILES string of the molecule is Cc1cnc(N2CCN(CC(N)=O)CC2)nc1. The molecule has 1 amide bonds. The number of piperazine rings is 1. The summed E-state index contributed by atoms with van der Waals surface area (Å²) in [5, 5.41) is 0. The first-order valence-corrected chi connectivity index (χ1v) is 5.69. The van der Waals surface area contributed by atoms with E-state index in [1.165, 1.54) is 0 Å². The highest BCUT2D eigenvalue weighted by molar-refractivity contribution is 5.75. The third-order valence-electron chi connectivity index (χ3n) is 2.80. The lowest BCUT2D eigenvalue weighted by Crippen LogP contribution is -2.49. The molecule has 1 saturated heterocycles. The Balaban J connectivity index is 1.90. The van der Waals surface area contributed by atoms with Crippen molar-refractivity contribution in [1.29, 1.82) is 0 Å². The van der Waals surface area contributed by atoms with Crippen molar-refractivity contribution in [2.45, 2.75) is 6.92 Å². The summed E-state index contributed by atoms with van der Waals surface area (Å²) >= 11 is 0. The smallest absolute Gasteiger partial charge is 0.231 e. The van der Waals surface area contributed by atoms with E-state index in [2.05, 4.69) is 14.9 Å². The molecule has 0 aromatic carbocycles. The Bertz CT molecular complexity index is 383. The van der Waals surface area contributed by atoms with Gasteiger partial charge in [-0.05, 0) is 12.5 Å². The highest BCUT2D eigenvalue weighted by Gasteiger charge is 2.19. The second-order valence-electron chi connectivity index (χ2n) is 4.29. The number of carbonyl (C=O) groups is 1. The van der Waals surface area contributed by atoms with Gasteiger partial charge in [0, 0.05) is 38.6 Å². The van der Waals surface area contributed by atoms with Crippen molar-refractivity contribution < 1.29 is 4.79 Å². The van der Waals surface area contributed by atoms with Crippen LogP contribution in [0.4, 0.5) is 5.95 Å². The fourth-order valence-corrected chi connectivity index (χ4v) is 1.88. The number of hydrogen-bond donors (Lipinski definition) is 1. The highest BCUT2D eigenvalue weighted by atomic mass is 16.1. The zero-order valence-corrected chi connectivity index (χ0v) is 9.96. The molecule has 0 spiro atoms. The maximum Gasteiger partial charge on any atom is 0.231 e. The molecule has 1 aliphatic rings. The lowest BCUT2D eigenvalue weighted by molar-refractivity contribution is -0.119. The van der Waals surface area contributed by atoms with Gasteiger partial charge in [0.05, 0.1) is 6.54 Å². The number of amides is 1. The highest BCUT2D eigenvalue weighted by Crippen LogP contribution is 2.10. The number of aromatic nitrogens is 2. The standard InChI is InChI=1S/C11H17N5O/c1-9-6-13-11(14-7-9)16-4-2-15(3-5-16)8-10(12)17/h6-7H,2-5,8H2,1H3,(H2,12,17). The van der Waals surface area contributed by atoms with Gasteiger partial charge in [-0.3, -0.25) is 9.69 Å². The molecule has 6 heteroatoms. The first-order chi connectivity index (χ1) is 8.15. The second kappa shape index (κ2) is 5.09. The Hall–Kier alpha value is -1.69. The Labute approximate surface area is 100 Å². The van der Waals surface area contributed by atoms with E-state index in [-0.39, 0.29) is 5.91 Å². The topological polar surface area (TPSA) is 75.3 Å². The molecule has 0 aliphatic carbocycles. The van der Waals surface area contributed by atoms with E-state index in [0.29, 0.717) is 6.54 Å². The maximum atomic E-state index is 10.8. The molecule has 1 fully saturated rings. The van der Waals surface area contributed by atoms with Gasteiger partial charge in [-0.15, -0.1) is 0 Å². The summed E-state index contributed by atoms with van der Waals surface area (Å²) in [6.45, 7) is 5.60. The quantitative estimate of drug-likeness (QED) is 0.756. The van der Waals surface area contributed by atoms with Crippen molar-refractivity contribution in [2.75, 3.05) is 37.6 Å². The van der Waals surface area contributed by atoms with Crippen LogP contribution in [-0.4, -0.2) is 53.5 Å². The molecule has 6 nitrogen and oxygen atoms in total. The predicted molar refractivity (Wildman–Crippen MR) is 64.6 cm³/mol. The van der Waals surface area contributed by atoms with E-state index in [1.807, 2.05) is 24.2 Å². The molecule has 2 heterocycles. The molecule has 17 heavy (non-hydrogen) atoms. The Morgan fingerprint density at radius 2 is 1.88 bits per heavy atom. The van der Waals surface area contributed by atoms with E-state index in [4.69, 9.17) is 5.73 Å². The van der Waals surface area contributed by atoms with Crippen LogP contribution in [0.25, 0.3) is 0 Å². The molecule has 0 atom stereocenters. The zero-order chi connectivity index (χ0) is 12.3. The van der Waals surface area contributed by atoms with Gasteiger partial charge >= 0.3 is 0 Å². The summed E-state index contributed by atoms with van der Waals surface area (Å²) in [4.78, 5) is 23.6. The van der Waals surface area contributed by atoms with E-state index in [1.54, 1.807) is 0 Å². The summed E-state index contributed by atoms with van der Waals surface area (Å²) in [6, 6.07) is 0. The molecule has 0 radical (unpaired) electrons. The van der Waals surface area contributed by atoms with Crippen LogP contribution in [0.5, 0.6) is 0 Å². The zero-order valence-electron chi connectivity index (χ0n) is 9.96. The molecular formula is C11H17N5O. The predicted octanol–water partition coefficient (Wildman–Crippen LogP) is -0.608.